The van der Waals surface area contributed by atoms with Crippen molar-refractivity contribution in [2.45, 2.75) is 0 Å². The third-order valence-corrected chi connectivity index (χ3v) is 3.98. The molecule has 9 heteroatoms. The molecule has 0 spiro atoms. The third-order valence-electron chi connectivity index (χ3n) is 2.15. The van der Waals surface area contributed by atoms with Crippen LogP contribution >= 0.6 is 0 Å². The molecule has 0 atom stereocenters. The van der Waals surface area contributed by atoms with Gasteiger partial charge in [0.1, 0.15) is 5.82 Å². The fraction of sp³-hybridized carbons (Fsp3) is 0.556. The molecule has 0 saturated carbocycles. The number of nitrogen functional groups attached to an aromatic ring is 1. The van der Waals surface area contributed by atoms with Crippen LogP contribution in [0.1, 0.15) is 0 Å². The summed E-state index contributed by atoms with van der Waals surface area (Å²) in [4.78, 5) is 7.73. The highest BCUT2D eigenvalue weighted by atomic mass is 32.2. The van der Waals surface area contributed by atoms with Gasteiger partial charge in [0, 0.05) is 26.7 Å². The number of ether oxygens (including phenoxy) is 1. The lowest BCUT2D eigenvalue weighted by atomic mass is 10.5. The second-order valence-electron chi connectivity index (χ2n) is 3.68. The maximum Gasteiger partial charge on any atom is 0.225 e. The summed E-state index contributed by atoms with van der Waals surface area (Å²) in [6.45, 7) is 0.222. The van der Waals surface area contributed by atoms with E-state index >= 15 is 0 Å². The Labute approximate surface area is 106 Å². The summed E-state index contributed by atoms with van der Waals surface area (Å²) in [5.41, 5.74) is 5.47. The molecule has 0 aliphatic rings. The number of sulfonamides is 1. The Hall–Kier alpha value is -1.61. The molecule has 8 nitrogen and oxygen atoms in total. The molecule has 0 bridgehead atoms. The van der Waals surface area contributed by atoms with E-state index in [1.807, 2.05) is 0 Å². The molecule has 0 fully saturated rings. The number of aromatic nitrogens is 2. The zero-order chi connectivity index (χ0) is 13.8. The van der Waals surface area contributed by atoms with Crippen LogP contribution in [0.5, 0.6) is 5.88 Å². The van der Waals surface area contributed by atoms with Gasteiger partial charge in [-0.2, -0.15) is 9.97 Å². The SMILES string of the molecule is COc1cc(NCCS(=O)(=O)N(C)C)nc(N)n1. The molecule has 1 aromatic heterocycles. The maximum absolute atomic E-state index is 11.5. The minimum Gasteiger partial charge on any atom is -0.481 e. The number of rotatable bonds is 6. The Morgan fingerprint density at radius 1 is 1.44 bits per heavy atom. The Morgan fingerprint density at radius 2 is 2.11 bits per heavy atom. The maximum atomic E-state index is 11.5. The average molecular weight is 275 g/mol. The van der Waals surface area contributed by atoms with Crippen LogP contribution in [0.3, 0.4) is 0 Å². The molecule has 0 radical (unpaired) electrons. The second-order valence-corrected chi connectivity index (χ2v) is 5.98. The zero-order valence-electron chi connectivity index (χ0n) is 10.5. The number of nitrogens with zero attached hydrogens (tertiary/aromatic N) is 3. The molecule has 0 aliphatic carbocycles. The molecule has 1 rings (SSSR count). The molecule has 0 amide bonds. The topological polar surface area (TPSA) is 110 Å². The van der Waals surface area contributed by atoms with Crippen molar-refractivity contribution in [3.63, 3.8) is 0 Å². The van der Waals surface area contributed by atoms with E-state index in [1.165, 1.54) is 25.5 Å². The molecule has 0 unspecified atom stereocenters. The quantitative estimate of drug-likeness (QED) is 0.711. The molecule has 0 aliphatic heterocycles. The first kappa shape index (κ1) is 14.5. The first-order chi connectivity index (χ1) is 8.35. The first-order valence-corrected chi connectivity index (χ1v) is 6.78. The van der Waals surface area contributed by atoms with E-state index in [9.17, 15) is 8.42 Å². The number of anilines is 2. The summed E-state index contributed by atoms with van der Waals surface area (Å²) in [5, 5.41) is 2.85. The van der Waals surface area contributed by atoms with E-state index in [-0.39, 0.29) is 18.2 Å². The highest BCUT2D eigenvalue weighted by Crippen LogP contribution is 2.13. The lowest BCUT2D eigenvalue weighted by molar-refractivity contribution is 0.398. The smallest absolute Gasteiger partial charge is 0.225 e. The lowest BCUT2D eigenvalue weighted by Crippen LogP contribution is -2.28. The Morgan fingerprint density at radius 3 is 2.67 bits per heavy atom. The summed E-state index contributed by atoms with van der Waals surface area (Å²) < 4.78 is 29.1. The van der Waals surface area contributed by atoms with Gasteiger partial charge < -0.3 is 15.8 Å². The summed E-state index contributed by atoms with van der Waals surface area (Å²) in [5.74, 6) is 0.771. The molecule has 0 aromatic carbocycles. The van der Waals surface area contributed by atoms with E-state index in [0.29, 0.717) is 11.7 Å². The van der Waals surface area contributed by atoms with E-state index in [4.69, 9.17) is 10.5 Å². The minimum absolute atomic E-state index is 0.0355. The van der Waals surface area contributed by atoms with Crippen molar-refractivity contribution >= 4 is 21.8 Å². The minimum atomic E-state index is -3.23. The standard InChI is InChI=1S/C9H17N5O3S/c1-14(2)18(15,16)5-4-11-7-6-8(17-3)13-9(10)12-7/h6H,4-5H2,1-3H3,(H3,10,11,12,13). The number of nitrogens with one attached hydrogen (secondary N) is 1. The molecule has 1 heterocycles. The summed E-state index contributed by atoms with van der Waals surface area (Å²) in [6, 6.07) is 1.54. The van der Waals surface area contributed by atoms with Gasteiger partial charge in [-0.3, -0.25) is 0 Å². The Kier molecular flexibility index (Phi) is 4.68. The monoisotopic (exact) mass is 275 g/mol. The van der Waals surface area contributed by atoms with Crippen LogP contribution in [0.15, 0.2) is 6.07 Å². The summed E-state index contributed by atoms with van der Waals surface area (Å²) in [6.07, 6.45) is 0. The molecule has 3 N–H and O–H groups in total. The Bertz CT molecular complexity index is 503. The number of hydrogen-bond acceptors (Lipinski definition) is 7. The van der Waals surface area contributed by atoms with Crippen LogP contribution < -0.4 is 15.8 Å². The number of methoxy groups -OCH3 is 1. The molecule has 18 heavy (non-hydrogen) atoms. The molecule has 102 valence electrons. The second kappa shape index (κ2) is 5.83. The van der Waals surface area contributed by atoms with Crippen LogP contribution in [0, 0.1) is 0 Å². The van der Waals surface area contributed by atoms with Crippen molar-refractivity contribution in [2.24, 2.45) is 0 Å². The van der Waals surface area contributed by atoms with Gasteiger partial charge in [0.25, 0.3) is 0 Å². The fourth-order valence-corrected chi connectivity index (χ4v) is 1.85. The predicted octanol–water partition coefficient (Wildman–Crippen LogP) is -0.629. The van der Waals surface area contributed by atoms with Crippen molar-refractivity contribution in [1.29, 1.82) is 0 Å². The predicted molar refractivity (Wildman–Crippen MR) is 69.0 cm³/mol. The van der Waals surface area contributed by atoms with Gasteiger partial charge in [0.15, 0.2) is 0 Å². The van der Waals surface area contributed by atoms with E-state index < -0.39 is 10.0 Å². The van der Waals surface area contributed by atoms with E-state index in [1.54, 1.807) is 6.07 Å². The summed E-state index contributed by atoms with van der Waals surface area (Å²) >= 11 is 0. The Balaban J connectivity index is 2.62. The van der Waals surface area contributed by atoms with Crippen LogP contribution in [0.2, 0.25) is 0 Å². The molecule has 0 saturated heterocycles. The largest absolute Gasteiger partial charge is 0.481 e. The molecular formula is C9H17N5O3S. The van der Waals surface area contributed by atoms with Crippen molar-refractivity contribution in [2.75, 3.05) is 44.6 Å². The van der Waals surface area contributed by atoms with Crippen molar-refractivity contribution in [1.82, 2.24) is 14.3 Å². The van der Waals surface area contributed by atoms with Gasteiger partial charge >= 0.3 is 0 Å². The van der Waals surface area contributed by atoms with Crippen LogP contribution in [0.25, 0.3) is 0 Å². The van der Waals surface area contributed by atoms with Gasteiger partial charge in [0.2, 0.25) is 21.9 Å². The van der Waals surface area contributed by atoms with Gasteiger partial charge in [0.05, 0.1) is 12.9 Å². The molecular weight excluding hydrogens is 258 g/mol. The van der Waals surface area contributed by atoms with Gasteiger partial charge in [-0.25, -0.2) is 12.7 Å². The van der Waals surface area contributed by atoms with Crippen LogP contribution in [0.4, 0.5) is 11.8 Å². The first-order valence-electron chi connectivity index (χ1n) is 5.18. The highest BCUT2D eigenvalue weighted by Gasteiger charge is 2.13. The van der Waals surface area contributed by atoms with Crippen LogP contribution in [-0.4, -0.2) is 56.2 Å². The van der Waals surface area contributed by atoms with E-state index in [2.05, 4.69) is 15.3 Å². The normalized spacial score (nSPS) is 11.6. The summed E-state index contributed by atoms with van der Waals surface area (Å²) in [7, 11) is 1.21. The number of hydrogen-bond donors (Lipinski definition) is 2. The van der Waals surface area contributed by atoms with Gasteiger partial charge in [-0.05, 0) is 0 Å². The zero-order valence-corrected chi connectivity index (χ0v) is 11.4. The average Bonchev–Trinajstić information content (AvgIpc) is 2.27. The molecule has 1 aromatic rings. The van der Waals surface area contributed by atoms with Crippen molar-refractivity contribution in [3.8, 4) is 5.88 Å². The third kappa shape index (κ3) is 4.00. The van der Waals surface area contributed by atoms with Crippen molar-refractivity contribution < 1.29 is 13.2 Å². The van der Waals surface area contributed by atoms with Crippen molar-refractivity contribution in [3.05, 3.63) is 6.07 Å². The fourth-order valence-electron chi connectivity index (χ4n) is 1.13. The number of nitrogens with two attached hydrogens (primary N) is 1. The van der Waals surface area contributed by atoms with Gasteiger partial charge in [-0.1, -0.05) is 0 Å². The van der Waals surface area contributed by atoms with Gasteiger partial charge in [-0.15, -0.1) is 0 Å². The highest BCUT2D eigenvalue weighted by molar-refractivity contribution is 7.89. The van der Waals surface area contributed by atoms with E-state index in [0.717, 1.165) is 0 Å². The van der Waals surface area contributed by atoms with Crippen LogP contribution in [-0.2, 0) is 10.0 Å². The lowest BCUT2D eigenvalue weighted by Gasteiger charge is -2.12.